The highest BCUT2D eigenvalue weighted by Crippen LogP contribution is 2.34. The molecule has 1 aromatic carbocycles. The standard InChI is InChI=1S/C23H25N7S/c1-15-3-5-18-19(11-15)27-21(31)12-16-13-25-23(28-22(16)18)26-17-4-6-20(24-14-17)30-9-7-29(2)8-10-30/h3-6,11,13-14H,7-10,12H2,1-2H3,(H,27,31)(H,25,26,28). The predicted molar refractivity (Wildman–Crippen MR) is 129 cm³/mol. The van der Waals surface area contributed by atoms with Crippen molar-refractivity contribution in [2.24, 2.45) is 0 Å². The van der Waals surface area contributed by atoms with Crippen LogP contribution in [0.4, 0.5) is 23.1 Å². The minimum atomic E-state index is 0.548. The summed E-state index contributed by atoms with van der Waals surface area (Å²) in [6, 6.07) is 10.4. The molecule has 8 heteroatoms. The molecule has 0 radical (unpaired) electrons. The van der Waals surface area contributed by atoms with Crippen LogP contribution >= 0.6 is 12.2 Å². The normalized spacial score (nSPS) is 16.2. The fourth-order valence-corrected chi connectivity index (χ4v) is 4.24. The maximum absolute atomic E-state index is 5.50. The van der Waals surface area contributed by atoms with Crippen molar-refractivity contribution in [3.63, 3.8) is 0 Å². The molecule has 158 valence electrons. The lowest BCUT2D eigenvalue weighted by Gasteiger charge is -2.33. The Labute approximate surface area is 187 Å². The number of likely N-dealkylation sites (N-methyl/N-ethyl adjacent to an activating group) is 1. The van der Waals surface area contributed by atoms with Crippen molar-refractivity contribution in [2.75, 3.05) is 48.8 Å². The van der Waals surface area contributed by atoms with Crippen LogP contribution in [-0.2, 0) is 6.42 Å². The SMILES string of the molecule is Cc1ccc2c(c1)NC(=S)Cc1cnc(Nc3ccc(N4CCN(C)CC4)nc3)nc1-2. The lowest BCUT2D eigenvalue weighted by Crippen LogP contribution is -2.44. The smallest absolute Gasteiger partial charge is 0.227 e. The topological polar surface area (TPSA) is 69.2 Å². The van der Waals surface area contributed by atoms with Crippen molar-refractivity contribution in [3.8, 4) is 11.3 Å². The van der Waals surface area contributed by atoms with E-state index in [2.05, 4.69) is 68.6 Å². The zero-order valence-electron chi connectivity index (χ0n) is 17.7. The van der Waals surface area contributed by atoms with Gasteiger partial charge in [-0.3, -0.25) is 0 Å². The van der Waals surface area contributed by atoms with Crippen molar-refractivity contribution in [3.05, 3.63) is 53.9 Å². The van der Waals surface area contributed by atoms with Crippen LogP contribution in [0.5, 0.6) is 0 Å². The van der Waals surface area contributed by atoms with Gasteiger partial charge < -0.3 is 20.4 Å². The monoisotopic (exact) mass is 431 g/mol. The van der Waals surface area contributed by atoms with E-state index in [1.54, 1.807) is 0 Å². The number of anilines is 4. The van der Waals surface area contributed by atoms with Crippen LogP contribution in [0.1, 0.15) is 11.1 Å². The summed E-state index contributed by atoms with van der Waals surface area (Å²) >= 11 is 5.50. The highest BCUT2D eigenvalue weighted by Gasteiger charge is 2.20. The van der Waals surface area contributed by atoms with Crippen LogP contribution in [0, 0.1) is 6.92 Å². The van der Waals surface area contributed by atoms with E-state index >= 15 is 0 Å². The highest BCUT2D eigenvalue weighted by atomic mass is 32.1. The maximum Gasteiger partial charge on any atom is 0.227 e. The van der Waals surface area contributed by atoms with Gasteiger partial charge in [0.25, 0.3) is 0 Å². The number of pyridine rings is 1. The molecule has 0 saturated carbocycles. The summed E-state index contributed by atoms with van der Waals surface area (Å²) in [5, 5.41) is 6.65. The summed E-state index contributed by atoms with van der Waals surface area (Å²) in [7, 11) is 2.15. The summed E-state index contributed by atoms with van der Waals surface area (Å²) in [5.41, 5.74) is 6.00. The Morgan fingerprint density at radius 3 is 2.65 bits per heavy atom. The van der Waals surface area contributed by atoms with Crippen LogP contribution in [0.3, 0.4) is 0 Å². The van der Waals surface area contributed by atoms with Gasteiger partial charge in [-0.25, -0.2) is 15.0 Å². The second kappa shape index (κ2) is 8.20. The molecule has 0 amide bonds. The quantitative estimate of drug-likeness (QED) is 0.610. The van der Waals surface area contributed by atoms with Gasteiger partial charge in [0.2, 0.25) is 5.95 Å². The van der Waals surface area contributed by atoms with Crippen LogP contribution in [0.15, 0.2) is 42.7 Å². The highest BCUT2D eigenvalue weighted by molar-refractivity contribution is 7.80. The lowest BCUT2D eigenvalue weighted by molar-refractivity contribution is 0.312. The molecule has 3 aromatic rings. The number of nitrogens with zero attached hydrogens (tertiary/aromatic N) is 5. The molecule has 0 atom stereocenters. The summed E-state index contributed by atoms with van der Waals surface area (Å²) in [5.74, 6) is 1.55. The first-order valence-corrected chi connectivity index (χ1v) is 10.9. The van der Waals surface area contributed by atoms with Gasteiger partial charge in [0.05, 0.1) is 22.6 Å². The molecule has 0 unspecified atom stereocenters. The average molecular weight is 432 g/mol. The van der Waals surface area contributed by atoms with E-state index in [9.17, 15) is 0 Å². The average Bonchev–Trinajstić information content (AvgIpc) is 2.89. The molecule has 1 saturated heterocycles. The first-order chi connectivity index (χ1) is 15.0. The summed E-state index contributed by atoms with van der Waals surface area (Å²) < 4.78 is 0. The van der Waals surface area contributed by atoms with E-state index in [1.165, 1.54) is 5.56 Å². The zero-order chi connectivity index (χ0) is 21.4. The Balaban J connectivity index is 1.39. The van der Waals surface area contributed by atoms with E-state index in [0.717, 1.165) is 65.2 Å². The number of rotatable bonds is 3. The van der Waals surface area contributed by atoms with Gasteiger partial charge in [-0.05, 0) is 37.7 Å². The lowest BCUT2D eigenvalue weighted by atomic mass is 10.0. The fourth-order valence-electron chi connectivity index (χ4n) is 3.98. The molecule has 5 rings (SSSR count). The number of nitrogens with one attached hydrogen (secondary N) is 2. The van der Waals surface area contributed by atoms with E-state index in [4.69, 9.17) is 17.2 Å². The molecule has 2 aliphatic heterocycles. The van der Waals surface area contributed by atoms with Crippen LogP contribution in [0.2, 0.25) is 0 Å². The largest absolute Gasteiger partial charge is 0.354 e. The van der Waals surface area contributed by atoms with Crippen LogP contribution in [0.25, 0.3) is 11.3 Å². The Kier molecular flexibility index (Phi) is 5.25. The zero-order valence-corrected chi connectivity index (χ0v) is 18.5. The first-order valence-electron chi connectivity index (χ1n) is 10.5. The van der Waals surface area contributed by atoms with E-state index in [-0.39, 0.29) is 0 Å². The van der Waals surface area contributed by atoms with E-state index in [0.29, 0.717) is 12.4 Å². The van der Waals surface area contributed by atoms with Crippen molar-refractivity contribution in [1.29, 1.82) is 0 Å². The number of thiocarbonyl (C=S) groups is 1. The molecular weight excluding hydrogens is 406 g/mol. The summed E-state index contributed by atoms with van der Waals surface area (Å²) in [6.45, 7) is 6.19. The molecule has 0 spiro atoms. The summed E-state index contributed by atoms with van der Waals surface area (Å²) in [6.07, 6.45) is 4.33. The molecule has 0 aliphatic carbocycles. The molecule has 31 heavy (non-hydrogen) atoms. The molecule has 1 fully saturated rings. The fraction of sp³-hybridized carbons (Fsp3) is 0.304. The number of hydrogen-bond acceptors (Lipinski definition) is 7. The predicted octanol–water partition coefficient (Wildman–Crippen LogP) is 3.64. The molecular formula is C23H25N7S. The number of aromatic nitrogens is 3. The minimum Gasteiger partial charge on any atom is -0.354 e. The van der Waals surface area contributed by atoms with Crippen molar-refractivity contribution < 1.29 is 0 Å². The number of piperazine rings is 1. The molecule has 4 heterocycles. The Bertz CT molecular complexity index is 1120. The molecule has 0 bridgehead atoms. The van der Waals surface area contributed by atoms with Crippen molar-refractivity contribution in [1.82, 2.24) is 19.9 Å². The van der Waals surface area contributed by atoms with E-state index in [1.807, 2.05) is 18.5 Å². The van der Waals surface area contributed by atoms with Crippen LogP contribution < -0.4 is 15.5 Å². The van der Waals surface area contributed by atoms with Gasteiger partial charge in [-0.15, -0.1) is 0 Å². The summed E-state index contributed by atoms with van der Waals surface area (Å²) in [4.78, 5) is 19.4. The Morgan fingerprint density at radius 1 is 1.03 bits per heavy atom. The van der Waals surface area contributed by atoms with Gasteiger partial charge in [0.1, 0.15) is 5.82 Å². The van der Waals surface area contributed by atoms with Gasteiger partial charge >= 0.3 is 0 Å². The first kappa shape index (κ1) is 19.8. The van der Waals surface area contributed by atoms with Crippen LogP contribution in [-0.4, -0.2) is 58.1 Å². The molecule has 2 aliphatic rings. The van der Waals surface area contributed by atoms with Gasteiger partial charge in [0.15, 0.2) is 0 Å². The van der Waals surface area contributed by atoms with Crippen molar-refractivity contribution in [2.45, 2.75) is 13.3 Å². The molecule has 2 aromatic heterocycles. The van der Waals surface area contributed by atoms with Gasteiger partial charge in [-0.2, -0.15) is 0 Å². The van der Waals surface area contributed by atoms with Gasteiger partial charge in [-0.1, -0.05) is 24.4 Å². The number of benzene rings is 1. The minimum absolute atomic E-state index is 0.548. The second-order valence-electron chi connectivity index (χ2n) is 8.16. The van der Waals surface area contributed by atoms with E-state index < -0.39 is 0 Å². The number of aryl methyl sites for hydroxylation is 1. The third kappa shape index (κ3) is 4.22. The molecule has 2 N–H and O–H groups in total. The Morgan fingerprint density at radius 2 is 1.87 bits per heavy atom. The van der Waals surface area contributed by atoms with Gasteiger partial charge in [0, 0.05) is 55.6 Å². The number of fused-ring (bicyclic) bond motifs is 3. The Hall–Kier alpha value is -3.10. The molecule has 7 nitrogen and oxygen atoms in total. The number of hydrogen-bond donors (Lipinski definition) is 2. The third-order valence-electron chi connectivity index (χ3n) is 5.75. The van der Waals surface area contributed by atoms with Crippen molar-refractivity contribution >= 4 is 40.3 Å². The maximum atomic E-state index is 5.50. The third-order valence-corrected chi connectivity index (χ3v) is 6.00. The second-order valence-corrected chi connectivity index (χ2v) is 8.65.